The van der Waals surface area contributed by atoms with Crippen molar-refractivity contribution in [2.75, 3.05) is 0 Å². The van der Waals surface area contributed by atoms with E-state index in [-0.39, 0.29) is 0 Å². The monoisotopic (exact) mass is 748 g/mol. The topological polar surface area (TPSA) is 43.6 Å². The minimum Gasteiger partial charge on any atom is -0.309 e. The summed E-state index contributed by atoms with van der Waals surface area (Å²) in [7, 11) is 0. The Bertz CT molecular complexity index is 3820. The third kappa shape index (κ3) is 4.75. The fourth-order valence-electron chi connectivity index (χ4n) is 9.73. The van der Waals surface area contributed by atoms with Crippen LogP contribution in [0.4, 0.5) is 0 Å². The van der Waals surface area contributed by atoms with Crippen molar-refractivity contribution in [3.05, 3.63) is 194 Å². The van der Waals surface area contributed by atoms with Crippen molar-refractivity contribution >= 4 is 86.4 Å². The van der Waals surface area contributed by atoms with Crippen molar-refractivity contribution in [3.8, 4) is 39.9 Å². The van der Waals surface area contributed by atoms with Crippen LogP contribution in [0.15, 0.2) is 194 Å². The second-order valence-corrected chi connectivity index (χ2v) is 15.6. The zero-order valence-electron chi connectivity index (χ0n) is 31.8. The number of benzene rings is 10. The molecule has 0 saturated carbocycles. The van der Waals surface area contributed by atoms with Gasteiger partial charge in [0.1, 0.15) is 0 Å². The van der Waals surface area contributed by atoms with Crippen LogP contribution in [0, 0.1) is 0 Å². The number of para-hydroxylation sites is 2. The lowest BCUT2D eigenvalue weighted by atomic mass is 9.87. The Hall–Kier alpha value is -7.95. The Labute approximate surface area is 338 Å². The quantitative estimate of drug-likeness (QED) is 0.168. The Morgan fingerprint density at radius 2 is 0.746 bits per heavy atom. The molecule has 0 aliphatic rings. The molecular weight excluding hydrogens is 717 g/mol. The maximum atomic E-state index is 5.35. The van der Waals surface area contributed by atoms with Crippen molar-refractivity contribution in [2.24, 2.45) is 0 Å². The largest absolute Gasteiger partial charge is 0.309 e. The first-order valence-corrected chi connectivity index (χ1v) is 20.1. The second kappa shape index (κ2) is 12.3. The highest BCUT2D eigenvalue weighted by molar-refractivity contribution is 6.37. The third-order valence-corrected chi connectivity index (χ3v) is 12.3. The van der Waals surface area contributed by atoms with Crippen molar-refractivity contribution in [2.45, 2.75) is 0 Å². The number of hydrogen-bond donors (Lipinski definition) is 0. The van der Waals surface area contributed by atoms with Gasteiger partial charge < -0.3 is 4.57 Å². The average Bonchev–Trinajstić information content (AvgIpc) is 3.64. The Kier molecular flexibility index (Phi) is 6.69. The molecule has 0 spiro atoms. The van der Waals surface area contributed by atoms with Crippen molar-refractivity contribution in [3.63, 3.8) is 0 Å². The molecule has 11 aromatic carbocycles. The van der Waals surface area contributed by atoms with Gasteiger partial charge in [0.05, 0.1) is 11.0 Å². The average molecular weight is 749 g/mol. The molecule has 0 amide bonds. The number of fused-ring (bicyclic) bond motifs is 5. The molecular formula is C55H32N4. The van der Waals surface area contributed by atoms with Gasteiger partial charge in [-0.25, -0.2) is 15.0 Å². The van der Waals surface area contributed by atoms with E-state index in [1.54, 1.807) is 0 Å². The molecule has 4 heteroatoms. The summed E-state index contributed by atoms with van der Waals surface area (Å²) in [5, 5.41) is 17.2. The number of aromatic nitrogens is 4. The lowest BCUT2D eigenvalue weighted by molar-refractivity contribution is 1.08. The van der Waals surface area contributed by atoms with Gasteiger partial charge in [-0.2, -0.15) is 0 Å². The van der Waals surface area contributed by atoms with Crippen LogP contribution in [0.3, 0.4) is 0 Å². The van der Waals surface area contributed by atoms with E-state index >= 15 is 0 Å². The molecule has 2 heterocycles. The summed E-state index contributed by atoms with van der Waals surface area (Å²) in [6.45, 7) is 0. The van der Waals surface area contributed by atoms with E-state index in [9.17, 15) is 0 Å². The minimum atomic E-state index is 0.636. The summed E-state index contributed by atoms with van der Waals surface area (Å²) in [5.74, 6) is 1.92. The van der Waals surface area contributed by atoms with Crippen LogP contribution < -0.4 is 0 Å². The SMILES string of the molecule is c1ccc(-c2nc(-c3cc4ccc5cccc6c7cccc8ccc9cccc(c(c3)c4c56)c9c87)nc(-c3ccc4c(c3)c3ccccc3n4-c3ccccc3)n2)cc1. The molecule has 272 valence electrons. The second-order valence-electron chi connectivity index (χ2n) is 15.6. The molecule has 0 unspecified atom stereocenters. The molecule has 0 radical (unpaired) electrons. The lowest BCUT2D eigenvalue weighted by Gasteiger charge is -2.17. The van der Waals surface area contributed by atoms with Gasteiger partial charge in [0, 0.05) is 33.2 Å². The summed E-state index contributed by atoms with van der Waals surface area (Å²) in [6, 6.07) is 69.8. The van der Waals surface area contributed by atoms with Crippen LogP contribution in [0.2, 0.25) is 0 Å². The highest BCUT2D eigenvalue weighted by Crippen LogP contribution is 2.44. The standard InChI is InChI=1S/C55H32N4/c1-3-12-36(13-4-1)53-56-54(38-28-29-48-45(31-38)41-19-7-8-23-47(41)59(48)40-17-5-2-6-18-40)58-55(57-53)39-30-37-27-26-35-15-10-21-43-42-20-9-14-33-24-25-34-16-11-22-44(51(34)49(33)42)46(32-39)52(37)50(35)43/h1-32H. The first-order valence-electron chi connectivity index (χ1n) is 20.1. The maximum Gasteiger partial charge on any atom is 0.164 e. The Morgan fingerprint density at radius 1 is 0.271 bits per heavy atom. The van der Waals surface area contributed by atoms with Crippen molar-refractivity contribution in [1.29, 1.82) is 0 Å². The summed E-state index contributed by atoms with van der Waals surface area (Å²) >= 11 is 0. The predicted octanol–water partition coefficient (Wildman–Crippen LogP) is 14.3. The highest BCUT2D eigenvalue weighted by atomic mass is 15.0. The van der Waals surface area contributed by atoms with E-state index in [0.29, 0.717) is 17.5 Å². The molecule has 2 aromatic heterocycles. The molecule has 0 bridgehead atoms. The third-order valence-electron chi connectivity index (χ3n) is 12.3. The summed E-state index contributed by atoms with van der Waals surface area (Å²) in [6.07, 6.45) is 0. The van der Waals surface area contributed by atoms with Gasteiger partial charge in [-0.1, -0.05) is 146 Å². The zero-order chi connectivity index (χ0) is 38.6. The van der Waals surface area contributed by atoms with Gasteiger partial charge in [-0.3, -0.25) is 0 Å². The van der Waals surface area contributed by atoms with Gasteiger partial charge in [0.2, 0.25) is 0 Å². The van der Waals surface area contributed by atoms with Gasteiger partial charge in [0.15, 0.2) is 17.5 Å². The molecule has 13 aromatic rings. The van der Waals surface area contributed by atoms with E-state index in [4.69, 9.17) is 15.0 Å². The highest BCUT2D eigenvalue weighted by Gasteiger charge is 2.20. The molecule has 0 aliphatic heterocycles. The smallest absolute Gasteiger partial charge is 0.164 e. The number of rotatable bonds is 4. The summed E-state index contributed by atoms with van der Waals surface area (Å²) in [5.41, 5.74) is 6.25. The lowest BCUT2D eigenvalue weighted by Crippen LogP contribution is -2.00. The molecule has 13 rings (SSSR count). The first-order chi connectivity index (χ1) is 29.2. The van der Waals surface area contributed by atoms with Crippen LogP contribution in [0.25, 0.3) is 126 Å². The summed E-state index contributed by atoms with van der Waals surface area (Å²) < 4.78 is 2.34. The molecule has 0 saturated heterocycles. The normalized spacial score (nSPS) is 12.1. The van der Waals surface area contributed by atoms with E-state index in [1.165, 1.54) is 64.6 Å². The summed E-state index contributed by atoms with van der Waals surface area (Å²) in [4.78, 5) is 15.8. The van der Waals surface area contributed by atoms with Crippen LogP contribution in [0.1, 0.15) is 0 Å². The molecule has 0 atom stereocenters. The zero-order valence-corrected chi connectivity index (χ0v) is 31.8. The van der Waals surface area contributed by atoms with Crippen molar-refractivity contribution < 1.29 is 0 Å². The van der Waals surface area contributed by atoms with Crippen LogP contribution >= 0.6 is 0 Å². The van der Waals surface area contributed by atoms with Crippen molar-refractivity contribution in [1.82, 2.24) is 19.5 Å². The fourth-order valence-corrected chi connectivity index (χ4v) is 9.73. The Balaban J connectivity index is 1.11. The van der Waals surface area contributed by atoms with Gasteiger partial charge >= 0.3 is 0 Å². The fraction of sp³-hybridized carbons (Fsp3) is 0. The van der Waals surface area contributed by atoms with Crippen LogP contribution in [-0.2, 0) is 0 Å². The number of nitrogens with zero attached hydrogens (tertiary/aromatic N) is 4. The molecule has 0 aliphatic carbocycles. The van der Waals surface area contributed by atoms with E-state index in [1.807, 2.05) is 18.2 Å². The minimum absolute atomic E-state index is 0.636. The Morgan fingerprint density at radius 3 is 1.41 bits per heavy atom. The van der Waals surface area contributed by atoms with Gasteiger partial charge in [-0.15, -0.1) is 0 Å². The molecule has 0 fully saturated rings. The number of hydrogen-bond acceptors (Lipinski definition) is 3. The molecule has 59 heavy (non-hydrogen) atoms. The maximum absolute atomic E-state index is 5.35. The predicted molar refractivity (Wildman–Crippen MR) is 247 cm³/mol. The molecule has 0 N–H and O–H groups in total. The van der Waals surface area contributed by atoms with Crippen LogP contribution in [0.5, 0.6) is 0 Å². The van der Waals surface area contributed by atoms with Crippen LogP contribution in [-0.4, -0.2) is 19.5 Å². The first kappa shape index (κ1) is 32.2. The van der Waals surface area contributed by atoms with E-state index in [2.05, 4.69) is 180 Å². The van der Waals surface area contributed by atoms with E-state index in [0.717, 1.165) is 44.2 Å². The van der Waals surface area contributed by atoms with Gasteiger partial charge in [-0.05, 0) is 113 Å². The molecule has 4 nitrogen and oxygen atoms in total. The van der Waals surface area contributed by atoms with E-state index < -0.39 is 0 Å². The van der Waals surface area contributed by atoms with Gasteiger partial charge in [0.25, 0.3) is 0 Å².